The third-order valence-electron chi connectivity index (χ3n) is 3.08. The summed E-state index contributed by atoms with van der Waals surface area (Å²) in [6, 6.07) is 8.52. The van der Waals surface area contributed by atoms with Gasteiger partial charge in [0.05, 0.1) is 16.1 Å². The number of amides is 1. The number of hydrogen-bond donors (Lipinski definition) is 2. The molecule has 0 unspecified atom stereocenters. The van der Waals surface area contributed by atoms with Crippen molar-refractivity contribution >= 4 is 23.5 Å². The molecule has 0 saturated heterocycles. The summed E-state index contributed by atoms with van der Waals surface area (Å²) >= 11 is 5.80. The molecule has 6 heteroatoms. The first-order valence-corrected chi connectivity index (χ1v) is 6.92. The Bertz CT molecular complexity index is 746. The molecule has 0 aliphatic heterocycles. The van der Waals surface area contributed by atoms with Crippen LogP contribution in [0.4, 0.5) is 4.39 Å². The molecule has 114 valence electrons. The minimum atomic E-state index is -1.16. The molecular weight excluding hydrogens is 309 g/mol. The summed E-state index contributed by atoms with van der Waals surface area (Å²) in [7, 11) is 0. The molecule has 4 nitrogen and oxygen atoms in total. The molecule has 0 aromatic heterocycles. The number of benzene rings is 2. The number of rotatable bonds is 4. The number of halogens is 2. The van der Waals surface area contributed by atoms with Crippen LogP contribution in [0.15, 0.2) is 36.4 Å². The topological polar surface area (TPSA) is 66.4 Å². The first kappa shape index (κ1) is 16.0. The van der Waals surface area contributed by atoms with Gasteiger partial charge in [-0.2, -0.15) is 0 Å². The maximum Gasteiger partial charge on any atom is 0.337 e. The van der Waals surface area contributed by atoms with Crippen molar-refractivity contribution in [2.45, 2.75) is 6.92 Å². The van der Waals surface area contributed by atoms with Crippen molar-refractivity contribution in [3.8, 4) is 11.1 Å². The molecule has 22 heavy (non-hydrogen) atoms. The van der Waals surface area contributed by atoms with Crippen LogP contribution in [0.2, 0.25) is 5.02 Å². The van der Waals surface area contributed by atoms with Crippen molar-refractivity contribution in [2.75, 3.05) is 6.54 Å². The summed E-state index contributed by atoms with van der Waals surface area (Å²) in [6.45, 7) is 2.14. The van der Waals surface area contributed by atoms with E-state index < -0.39 is 17.7 Å². The third kappa shape index (κ3) is 3.26. The molecule has 0 aliphatic rings. The van der Waals surface area contributed by atoms with E-state index >= 15 is 0 Å². The van der Waals surface area contributed by atoms with Crippen LogP contribution in [0.25, 0.3) is 11.1 Å². The monoisotopic (exact) mass is 321 g/mol. The lowest BCUT2D eigenvalue weighted by Gasteiger charge is -2.08. The van der Waals surface area contributed by atoms with Gasteiger partial charge in [-0.05, 0) is 42.3 Å². The van der Waals surface area contributed by atoms with Gasteiger partial charge in [0.2, 0.25) is 0 Å². The number of carbonyl (C=O) groups excluding carboxylic acids is 1. The number of carboxylic acids is 1. The Labute approximate surface area is 131 Å². The van der Waals surface area contributed by atoms with Crippen molar-refractivity contribution in [1.82, 2.24) is 5.32 Å². The van der Waals surface area contributed by atoms with E-state index in [0.29, 0.717) is 17.7 Å². The standard InChI is InChI=1S/C16H13ClFNO3/c1-2-19-15(20)11-5-3-10(8-14(11)18)9-4-6-13(17)12(7-9)16(21)22/h3-8H,2H2,1H3,(H,19,20)(H,21,22). The van der Waals surface area contributed by atoms with Crippen molar-refractivity contribution in [2.24, 2.45) is 0 Å². The number of hydrogen-bond acceptors (Lipinski definition) is 2. The highest BCUT2D eigenvalue weighted by molar-refractivity contribution is 6.33. The Kier molecular flexibility index (Phi) is 4.78. The van der Waals surface area contributed by atoms with Crippen LogP contribution in [0.5, 0.6) is 0 Å². The van der Waals surface area contributed by atoms with Gasteiger partial charge in [0, 0.05) is 6.54 Å². The van der Waals surface area contributed by atoms with Crippen LogP contribution in [0.1, 0.15) is 27.6 Å². The van der Waals surface area contributed by atoms with Crippen molar-refractivity contribution in [3.63, 3.8) is 0 Å². The zero-order chi connectivity index (χ0) is 16.3. The normalized spacial score (nSPS) is 10.3. The van der Waals surface area contributed by atoms with Gasteiger partial charge < -0.3 is 10.4 Å². The molecule has 0 fully saturated rings. The van der Waals surface area contributed by atoms with Crippen LogP contribution in [0.3, 0.4) is 0 Å². The molecule has 2 N–H and O–H groups in total. The summed E-state index contributed by atoms with van der Waals surface area (Å²) in [6.07, 6.45) is 0. The summed E-state index contributed by atoms with van der Waals surface area (Å²) in [5.74, 6) is -2.32. The van der Waals surface area contributed by atoms with Gasteiger partial charge in [-0.1, -0.05) is 23.7 Å². The molecule has 0 radical (unpaired) electrons. The lowest BCUT2D eigenvalue weighted by atomic mass is 10.0. The molecule has 2 rings (SSSR count). The number of carbonyl (C=O) groups is 2. The number of carboxylic acid groups (broad SMARTS) is 1. The van der Waals surface area contributed by atoms with E-state index in [9.17, 15) is 14.0 Å². The Morgan fingerprint density at radius 3 is 2.36 bits per heavy atom. The fourth-order valence-corrected chi connectivity index (χ4v) is 2.20. The molecule has 0 spiro atoms. The largest absolute Gasteiger partial charge is 0.478 e. The summed E-state index contributed by atoms with van der Waals surface area (Å²) in [5, 5.41) is 11.7. The Morgan fingerprint density at radius 2 is 1.77 bits per heavy atom. The van der Waals surface area contributed by atoms with Crippen molar-refractivity contribution < 1.29 is 19.1 Å². The molecule has 0 atom stereocenters. The molecule has 0 saturated carbocycles. The molecular formula is C16H13ClFNO3. The lowest BCUT2D eigenvalue weighted by Crippen LogP contribution is -2.23. The highest BCUT2D eigenvalue weighted by Gasteiger charge is 2.14. The lowest BCUT2D eigenvalue weighted by molar-refractivity contribution is 0.0697. The zero-order valence-electron chi connectivity index (χ0n) is 11.7. The SMILES string of the molecule is CCNC(=O)c1ccc(-c2ccc(Cl)c(C(=O)O)c2)cc1F. The van der Waals surface area contributed by atoms with E-state index in [-0.39, 0.29) is 16.1 Å². The number of nitrogens with one attached hydrogen (secondary N) is 1. The van der Waals surface area contributed by atoms with E-state index in [1.54, 1.807) is 19.1 Å². The average Bonchev–Trinajstić information content (AvgIpc) is 2.47. The first-order chi connectivity index (χ1) is 10.4. The van der Waals surface area contributed by atoms with Crippen LogP contribution < -0.4 is 5.32 Å². The Morgan fingerprint density at radius 1 is 1.14 bits per heavy atom. The minimum absolute atomic E-state index is 0.0574. The predicted octanol–water partition coefficient (Wildman–Crippen LogP) is 3.59. The third-order valence-corrected chi connectivity index (χ3v) is 3.41. The fourth-order valence-electron chi connectivity index (χ4n) is 2.00. The molecule has 0 bridgehead atoms. The van der Waals surface area contributed by atoms with E-state index in [1.165, 1.54) is 24.3 Å². The van der Waals surface area contributed by atoms with Crippen LogP contribution >= 0.6 is 11.6 Å². The second kappa shape index (κ2) is 6.58. The summed E-state index contributed by atoms with van der Waals surface area (Å²) < 4.78 is 14.0. The van der Waals surface area contributed by atoms with Crippen LogP contribution in [0, 0.1) is 5.82 Å². The molecule has 2 aromatic carbocycles. The van der Waals surface area contributed by atoms with Crippen LogP contribution in [-0.2, 0) is 0 Å². The van der Waals surface area contributed by atoms with Crippen molar-refractivity contribution in [1.29, 1.82) is 0 Å². The summed E-state index contributed by atoms with van der Waals surface area (Å²) in [4.78, 5) is 22.7. The average molecular weight is 322 g/mol. The van der Waals surface area contributed by atoms with Crippen LogP contribution in [-0.4, -0.2) is 23.5 Å². The van der Waals surface area contributed by atoms with E-state index in [2.05, 4.69) is 5.32 Å². The quantitative estimate of drug-likeness (QED) is 0.904. The van der Waals surface area contributed by atoms with Crippen molar-refractivity contribution in [3.05, 3.63) is 58.4 Å². The second-order valence-electron chi connectivity index (χ2n) is 4.55. The predicted molar refractivity (Wildman–Crippen MR) is 81.8 cm³/mol. The smallest absolute Gasteiger partial charge is 0.337 e. The number of aromatic carboxylic acids is 1. The molecule has 0 aliphatic carbocycles. The Hall–Kier alpha value is -2.40. The van der Waals surface area contributed by atoms with E-state index in [4.69, 9.17) is 16.7 Å². The maximum absolute atomic E-state index is 14.0. The zero-order valence-corrected chi connectivity index (χ0v) is 12.4. The van der Waals surface area contributed by atoms with Gasteiger partial charge in [0.25, 0.3) is 5.91 Å². The Balaban J connectivity index is 2.42. The van der Waals surface area contributed by atoms with Gasteiger partial charge in [-0.3, -0.25) is 4.79 Å². The highest BCUT2D eigenvalue weighted by Crippen LogP contribution is 2.26. The second-order valence-corrected chi connectivity index (χ2v) is 4.96. The van der Waals surface area contributed by atoms with Gasteiger partial charge in [-0.25, -0.2) is 9.18 Å². The fraction of sp³-hybridized carbons (Fsp3) is 0.125. The highest BCUT2D eigenvalue weighted by atomic mass is 35.5. The van der Waals surface area contributed by atoms with Gasteiger partial charge in [0.15, 0.2) is 0 Å². The summed E-state index contributed by atoms with van der Waals surface area (Å²) in [5.41, 5.74) is 0.846. The molecule has 0 heterocycles. The van der Waals surface area contributed by atoms with E-state index in [0.717, 1.165) is 0 Å². The molecule has 2 aromatic rings. The maximum atomic E-state index is 14.0. The van der Waals surface area contributed by atoms with Gasteiger partial charge >= 0.3 is 5.97 Å². The first-order valence-electron chi connectivity index (χ1n) is 6.55. The van der Waals surface area contributed by atoms with Gasteiger partial charge in [0.1, 0.15) is 5.82 Å². The van der Waals surface area contributed by atoms with Gasteiger partial charge in [-0.15, -0.1) is 0 Å². The molecule has 1 amide bonds. The van der Waals surface area contributed by atoms with E-state index in [1.807, 2.05) is 0 Å². The minimum Gasteiger partial charge on any atom is -0.478 e.